The van der Waals surface area contributed by atoms with Crippen molar-refractivity contribution in [2.24, 2.45) is 5.92 Å². The molecule has 17 heteroatoms. The minimum atomic E-state index is -4.70. The minimum absolute atomic E-state index is 0.111. The zero-order valence-corrected chi connectivity index (χ0v) is 33.9. The summed E-state index contributed by atoms with van der Waals surface area (Å²) in [6.07, 6.45) is 1.06. The number of imide groups is 1. The van der Waals surface area contributed by atoms with Crippen molar-refractivity contribution in [2.45, 2.75) is 70.3 Å². The van der Waals surface area contributed by atoms with Gasteiger partial charge in [-0.25, -0.2) is 9.78 Å². The number of likely N-dealkylation sites (N-methyl/N-ethyl adjacent to an activating group) is 1. The van der Waals surface area contributed by atoms with Gasteiger partial charge in [0, 0.05) is 49.0 Å². The lowest BCUT2D eigenvalue weighted by Gasteiger charge is -2.31. The number of alkyl halides is 3. The fourth-order valence-corrected chi connectivity index (χ4v) is 7.80. The van der Waals surface area contributed by atoms with Crippen molar-refractivity contribution < 1.29 is 42.2 Å². The van der Waals surface area contributed by atoms with Crippen molar-refractivity contribution in [3.8, 4) is 11.5 Å². The van der Waals surface area contributed by atoms with Crippen LogP contribution in [0.3, 0.4) is 0 Å². The van der Waals surface area contributed by atoms with Crippen LogP contribution in [0.5, 0.6) is 11.5 Å². The monoisotopic (exact) mass is 840 g/mol. The Labute approximate surface area is 349 Å². The highest BCUT2D eigenvalue weighted by Crippen LogP contribution is 2.36. The highest BCUT2D eigenvalue weighted by molar-refractivity contribution is 6.11. The summed E-state index contributed by atoms with van der Waals surface area (Å²) in [6.45, 7) is 5.43. The Hall–Kier alpha value is -6.33. The molecule has 0 bridgehead atoms. The van der Waals surface area contributed by atoms with Crippen LogP contribution in [-0.2, 0) is 29.5 Å². The first-order valence-corrected chi connectivity index (χ1v) is 20.0. The van der Waals surface area contributed by atoms with Gasteiger partial charge in [0.05, 0.1) is 29.1 Å². The summed E-state index contributed by atoms with van der Waals surface area (Å²) in [4.78, 5) is 55.4. The third kappa shape index (κ3) is 10.5. The first-order valence-electron chi connectivity index (χ1n) is 20.0. The maximum Gasteiger partial charge on any atom is 0.433 e. The number of hydrogen-bond donors (Lipinski definition) is 5. The molecule has 0 radical (unpaired) electrons. The van der Waals surface area contributed by atoms with Crippen molar-refractivity contribution in [3.05, 3.63) is 113 Å². The van der Waals surface area contributed by atoms with Crippen LogP contribution in [0, 0.1) is 5.92 Å². The van der Waals surface area contributed by atoms with Gasteiger partial charge in [-0.15, -0.1) is 0 Å². The Morgan fingerprint density at radius 2 is 1.72 bits per heavy atom. The zero-order valence-electron chi connectivity index (χ0n) is 33.9. The topological polar surface area (TPSA) is 180 Å². The lowest BCUT2D eigenvalue weighted by molar-refractivity contribution is -0.141. The summed E-state index contributed by atoms with van der Waals surface area (Å²) >= 11 is 0. The van der Waals surface area contributed by atoms with E-state index < -0.39 is 35.0 Å². The summed E-state index contributed by atoms with van der Waals surface area (Å²) in [7, 11) is 2.03. The van der Waals surface area contributed by atoms with Crippen molar-refractivity contribution >= 4 is 40.3 Å². The van der Waals surface area contributed by atoms with Gasteiger partial charge in [0.1, 0.15) is 22.9 Å². The van der Waals surface area contributed by atoms with Gasteiger partial charge in [-0.3, -0.25) is 24.4 Å². The van der Waals surface area contributed by atoms with Crippen LogP contribution in [0.1, 0.15) is 88.8 Å². The van der Waals surface area contributed by atoms with E-state index in [1.54, 1.807) is 56.3 Å². The van der Waals surface area contributed by atoms with Crippen LogP contribution in [-0.4, -0.2) is 75.2 Å². The van der Waals surface area contributed by atoms with E-state index in [9.17, 15) is 37.5 Å². The molecule has 0 spiro atoms. The Balaban J connectivity index is 0.848. The van der Waals surface area contributed by atoms with Gasteiger partial charge < -0.3 is 30.7 Å². The molecule has 1 saturated carbocycles. The van der Waals surface area contributed by atoms with E-state index in [0.29, 0.717) is 64.6 Å². The number of fused-ring (bicyclic) bond motifs is 2. The number of amides is 5. The summed E-state index contributed by atoms with van der Waals surface area (Å²) in [6, 6.07) is 18.7. The predicted molar refractivity (Wildman–Crippen MR) is 220 cm³/mol. The molecule has 1 fully saturated rings. The zero-order chi connectivity index (χ0) is 43.5. The summed E-state index contributed by atoms with van der Waals surface area (Å²) in [5, 5.41) is 27.2. The Kier molecular flexibility index (Phi) is 12.4. The van der Waals surface area contributed by atoms with Crippen LogP contribution in [0.25, 0.3) is 10.9 Å². The van der Waals surface area contributed by atoms with Crippen LogP contribution < -0.4 is 26.0 Å². The Morgan fingerprint density at radius 1 is 0.984 bits per heavy atom. The second kappa shape index (κ2) is 17.7. The average molecular weight is 841 g/mol. The molecule has 5 N–H and O–H groups in total. The first kappa shape index (κ1) is 42.8. The van der Waals surface area contributed by atoms with Gasteiger partial charge in [-0.2, -0.15) is 18.3 Å². The first-order chi connectivity index (χ1) is 29.0. The van der Waals surface area contributed by atoms with E-state index in [2.05, 4.69) is 31.2 Å². The quantitative estimate of drug-likeness (QED) is 0.0808. The van der Waals surface area contributed by atoms with E-state index in [-0.39, 0.29) is 30.1 Å². The summed E-state index contributed by atoms with van der Waals surface area (Å²) in [5.74, 6) is -0.326. The van der Waals surface area contributed by atoms with E-state index in [0.717, 1.165) is 49.9 Å². The number of benzene rings is 3. The molecule has 5 aromatic rings. The van der Waals surface area contributed by atoms with Gasteiger partial charge in [0.25, 0.3) is 11.8 Å². The van der Waals surface area contributed by atoms with Gasteiger partial charge in [-0.1, -0.05) is 30.3 Å². The number of rotatable bonds is 13. The second-order valence-electron chi connectivity index (χ2n) is 16.1. The maximum atomic E-state index is 13.2. The SMILES string of the molecule is CN(CCNC(=O)NCc1ccc(Oc2cccc3c2C(=O)NC(=O)C3)cc1)CC1CCC(n2cc3cc(NC(=O)c4cccc(C(F)(F)F)n4)c(C(C)(C)O)cc3n2)CC1. The number of aliphatic hydroxyl groups is 1. The van der Waals surface area contributed by atoms with E-state index in [1.807, 2.05) is 30.1 Å². The smallest absolute Gasteiger partial charge is 0.433 e. The number of urea groups is 1. The van der Waals surface area contributed by atoms with Crippen LogP contribution in [0.15, 0.2) is 79.0 Å². The Morgan fingerprint density at radius 3 is 2.44 bits per heavy atom. The molecule has 1 aliphatic carbocycles. The van der Waals surface area contributed by atoms with Crippen LogP contribution in [0.4, 0.5) is 23.7 Å². The highest BCUT2D eigenvalue weighted by atomic mass is 19.4. The molecule has 1 aliphatic heterocycles. The third-order valence-electron chi connectivity index (χ3n) is 10.9. The van der Waals surface area contributed by atoms with E-state index in [1.165, 1.54) is 6.07 Å². The van der Waals surface area contributed by atoms with Gasteiger partial charge in [0.15, 0.2) is 0 Å². The molecule has 2 aromatic heterocycles. The molecular weight excluding hydrogens is 794 g/mol. The highest BCUT2D eigenvalue weighted by Gasteiger charge is 2.33. The molecular formula is C44H47F3N8O6. The normalized spacial score (nSPS) is 16.9. The molecule has 0 saturated heterocycles. The fraction of sp³-hybridized carbons (Fsp3) is 0.364. The lowest BCUT2D eigenvalue weighted by atomic mass is 9.86. The second-order valence-corrected chi connectivity index (χ2v) is 16.1. The predicted octanol–water partition coefficient (Wildman–Crippen LogP) is 6.70. The summed E-state index contributed by atoms with van der Waals surface area (Å²) < 4.78 is 47.6. The molecule has 0 atom stereocenters. The number of hydrogen-bond acceptors (Lipinski definition) is 9. The Bertz CT molecular complexity index is 2440. The van der Waals surface area contributed by atoms with Gasteiger partial charge in [0.2, 0.25) is 5.91 Å². The molecule has 320 valence electrons. The van der Waals surface area contributed by atoms with Crippen molar-refractivity contribution in [2.75, 3.05) is 32.0 Å². The van der Waals surface area contributed by atoms with Gasteiger partial charge >= 0.3 is 12.2 Å². The maximum absolute atomic E-state index is 13.2. The third-order valence-corrected chi connectivity index (χ3v) is 10.9. The number of carbonyl (C=O) groups excluding carboxylic acids is 4. The molecule has 2 aliphatic rings. The molecule has 61 heavy (non-hydrogen) atoms. The number of ether oxygens (including phenoxy) is 1. The largest absolute Gasteiger partial charge is 0.457 e. The van der Waals surface area contributed by atoms with Crippen molar-refractivity contribution in [3.63, 3.8) is 0 Å². The summed E-state index contributed by atoms with van der Waals surface area (Å²) in [5.41, 5.74) is 0.0871. The number of carbonyl (C=O) groups is 4. The standard InChI is InChI=1S/C44H47F3N8O6/c1-43(2,60)32-22-34-29(20-35(32)51-40(57)33-7-5-9-37(50-33)44(45,46)47)25-55(53-34)30-14-10-27(11-15-30)24-54(3)19-18-48-42(59)49-23-26-12-16-31(17-13-26)61-36-8-4-6-28-21-38(56)52-41(58)39(28)36/h4-9,12-13,16-17,20,22,25,27,30,60H,10-11,14-15,18-19,21,23-24H2,1-3H3,(H,51,57)(H2,48,49,59)(H,52,56,58). The number of nitrogens with zero attached hydrogens (tertiary/aromatic N) is 4. The molecule has 5 amide bonds. The lowest BCUT2D eigenvalue weighted by Crippen LogP contribution is -2.40. The molecule has 3 aromatic carbocycles. The molecule has 7 rings (SSSR count). The van der Waals surface area contributed by atoms with Crippen LogP contribution in [0.2, 0.25) is 0 Å². The number of aromatic nitrogens is 3. The molecule has 0 unspecified atom stereocenters. The van der Waals surface area contributed by atoms with E-state index in [4.69, 9.17) is 9.84 Å². The minimum Gasteiger partial charge on any atom is -0.457 e. The van der Waals surface area contributed by atoms with E-state index >= 15 is 0 Å². The van der Waals surface area contributed by atoms with Crippen molar-refractivity contribution in [1.29, 1.82) is 0 Å². The number of halogens is 3. The fourth-order valence-electron chi connectivity index (χ4n) is 7.80. The van der Waals surface area contributed by atoms with Crippen LogP contribution >= 0.6 is 0 Å². The number of anilines is 1. The van der Waals surface area contributed by atoms with Gasteiger partial charge in [-0.05, 0) is 106 Å². The average Bonchev–Trinajstić information content (AvgIpc) is 3.63. The van der Waals surface area contributed by atoms with Crippen molar-refractivity contribution in [1.82, 2.24) is 35.6 Å². The number of nitrogens with one attached hydrogen (secondary N) is 4. The molecule has 14 nitrogen and oxygen atoms in total. The number of pyridine rings is 1. The molecule has 3 heterocycles.